The summed E-state index contributed by atoms with van der Waals surface area (Å²) in [6, 6.07) is 20.9. The SMILES string of the molecule is CN(c1ccc(C(=O)N/N=C\c2ccc(OCC(N)=O)cc2)cc1)S(=O)(=O)c1ccccc1. The third kappa shape index (κ3) is 6.17. The van der Waals surface area contributed by atoms with Gasteiger partial charge in [-0.1, -0.05) is 18.2 Å². The molecule has 0 fully saturated rings. The number of sulfonamides is 1. The van der Waals surface area contributed by atoms with Gasteiger partial charge in [0.25, 0.3) is 21.8 Å². The summed E-state index contributed by atoms with van der Waals surface area (Å²) in [7, 11) is -2.25. The molecule has 2 amide bonds. The largest absolute Gasteiger partial charge is 0.484 e. The van der Waals surface area contributed by atoms with Gasteiger partial charge in [0.2, 0.25) is 0 Å². The van der Waals surface area contributed by atoms with E-state index in [1.165, 1.54) is 37.5 Å². The van der Waals surface area contributed by atoms with E-state index < -0.39 is 21.8 Å². The topological polar surface area (TPSA) is 131 Å². The first-order chi connectivity index (χ1) is 15.8. The molecule has 0 bridgehead atoms. The van der Waals surface area contributed by atoms with Crippen molar-refractivity contribution in [2.45, 2.75) is 4.90 Å². The number of amides is 2. The first-order valence-corrected chi connectivity index (χ1v) is 11.2. The summed E-state index contributed by atoms with van der Waals surface area (Å²) in [5.74, 6) is -0.539. The molecule has 0 saturated heterocycles. The lowest BCUT2D eigenvalue weighted by Crippen LogP contribution is -2.26. The average molecular weight is 467 g/mol. The molecule has 0 atom stereocenters. The van der Waals surface area contributed by atoms with Crippen LogP contribution < -0.4 is 20.2 Å². The van der Waals surface area contributed by atoms with Crippen molar-refractivity contribution in [3.05, 3.63) is 90.0 Å². The van der Waals surface area contributed by atoms with Crippen LogP contribution in [0.1, 0.15) is 15.9 Å². The predicted octanol–water partition coefficient (Wildman–Crippen LogP) is 2.14. The smallest absolute Gasteiger partial charge is 0.271 e. The molecule has 10 heteroatoms. The van der Waals surface area contributed by atoms with Crippen molar-refractivity contribution in [2.75, 3.05) is 18.0 Å². The number of ether oxygens (including phenoxy) is 1. The lowest BCUT2D eigenvalue weighted by molar-refractivity contribution is -0.119. The van der Waals surface area contributed by atoms with E-state index in [-0.39, 0.29) is 11.5 Å². The molecule has 9 nitrogen and oxygen atoms in total. The number of nitrogens with zero attached hydrogens (tertiary/aromatic N) is 2. The van der Waals surface area contributed by atoms with E-state index in [1.807, 2.05) is 0 Å². The maximum atomic E-state index is 12.7. The number of hydrogen-bond acceptors (Lipinski definition) is 6. The average Bonchev–Trinajstić information content (AvgIpc) is 2.83. The Morgan fingerprint density at radius 1 is 1.00 bits per heavy atom. The van der Waals surface area contributed by atoms with Crippen molar-refractivity contribution in [2.24, 2.45) is 10.8 Å². The van der Waals surface area contributed by atoms with Gasteiger partial charge < -0.3 is 10.5 Å². The Morgan fingerprint density at radius 2 is 1.64 bits per heavy atom. The van der Waals surface area contributed by atoms with E-state index in [9.17, 15) is 18.0 Å². The monoisotopic (exact) mass is 466 g/mol. The first kappa shape index (κ1) is 23.5. The second-order valence-corrected chi connectivity index (χ2v) is 8.82. The third-order valence-electron chi connectivity index (χ3n) is 4.54. The molecule has 0 aromatic heterocycles. The Kier molecular flexibility index (Phi) is 7.42. The molecule has 3 aromatic rings. The fourth-order valence-corrected chi connectivity index (χ4v) is 3.96. The van der Waals surface area contributed by atoms with Crippen LogP contribution in [0.15, 0.2) is 88.9 Å². The Bertz CT molecular complexity index is 1240. The molecule has 170 valence electrons. The second kappa shape index (κ2) is 10.4. The molecule has 3 aromatic carbocycles. The maximum absolute atomic E-state index is 12.7. The number of nitrogens with two attached hydrogens (primary N) is 1. The van der Waals surface area contributed by atoms with Crippen LogP contribution in [-0.4, -0.2) is 40.1 Å². The molecule has 3 N–H and O–H groups in total. The van der Waals surface area contributed by atoms with Crippen molar-refractivity contribution in [3.63, 3.8) is 0 Å². The Balaban J connectivity index is 1.59. The fraction of sp³-hybridized carbons (Fsp3) is 0.0870. The number of nitrogens with one attached hydrogen (secondary N) is 1. The number of hydrogen-bond donors (Lipinski definition) is 2. The molecule has 0 radical (unpaired) electrons. The minimum Gasteiger partial charge on any atom is -0.484 e. The normalized spacial score (nSPS) is 11.2. The molecule has 0 aliphatic carbocycles. The molecule has 0 aliphatic heterocycles. The van der Waals surface area contributed by atoms with E-state index in [1.54, 1.807) is 54.6 Å². The van der Waals surface area contributed by atoms with E-state index in [0.717, 1.165) is 4.31 Å². The summed E-state index contributed by atoms with van der Waals surface area (Å²) in [4.78, 5) is 23.2. The van der Waals surface area contributed by atoms with Crippen molar-refractivity contribution in [1.29, 1.82) is 0 Å². The van der Waals surface area contributed by atoms with Crippen LogP contribution in [0.4, 0.5) is 5.69 Å². The van der Waals surface area contributed by atoms with Crippen LogP contribution in [0.5, 0.6) is 5.75 Å². The van der Waals surface area contributed by atoms with Gasteiger partial charge >= 0.3 is 0 Å². The van der Waals surface area contributed by atoms with Crippen molar-refractivity contribution < 1.29 is 22.7 Å². The van der Waals surface area contributed by atoms with Crippen molar-refractivity contribution in [3.8, 4) is 5.75 Å². The number of anilines is 1. The first-order valence-electron chi connectivity index (χ1n) is 9.76. The summed E-state index contributed by atoms with van der Waals surface area (Å²) in [5.41, 5.74) is 8.87. The van der Waals surface area contributed by atoms with E-state index in [2.05, 4.69) is 10.5 Å². The summed E-state index contributed by atoms with van der Waals surface area (Å²) in [6.07, 6.45) is 1.45. The molecular weight excluding hydrogens is 444 g/mol. The zero-order valence-corrected chi connectivity index (χ0v) is 18.5. The van der Waals surface area contributed by atoms with E-state index >= 15 is 0 Å². The van der Waals surface area contributed by atoms with Gasteiger partial charge in [0.1, 0.15) is 5.75 Å². The van der Waals surface area contributed by atoms with Crippen molar-refractivity contribution in [1.82, 2.24) is 5.43 Å². The number of carbonyl (C=O) groups excluding carboxylic acids is 2. The van der Waals surface area contributed by atoms with E-state index in [0.29, 0.717) is 22.6 Å². The third-order valence-corrected chi connectivity index (χ3v) is 6.34. The molecular formula is C23H22N4O5S. The molecule has 0 saturated carbocycles. The van der Waals surface area contributed by atoms with Gasteiger partial charge in [-0.05, 0) is 66.2 Å². The number of primary amides is 1. The van der Waals surface area contributed by atoms with Gasteiger partial charge in [-0.2, -0.15) is 5.10 Å². The second-order valence-electron chi connectivity index (χ2n) is 6.86. The minimum atomic E-state index is -3.70. The van der Waals surface area contributed by atoms with Crippen LogP contribution in [0.25, 0.3) is 0 Å². The number of hydrazone groups is 1. The lowest BCUT2D eigenvalue weighted by Gasteiger charge is -2.19. The molecule has 3 rings (SSSR count). The van der Waals surface area contributed by atoms with Crippen LogP contribution in [0.3, 0.4) is 0 Å². The summed E-state index contributed by atoms with van der Waals surface area (Å²) >= 11 is 0. The Labute approximate surface area is 191 Å². The zero-order valence-electron chi connectivity index (χ0n) is 17.7. The van der Waals surface area contributed by atoms with Crippen LogP contribution in [-0.2, 0) is 14.8 Å². The number of rotatable bonds is 9. The van der Waals surface area contributed by atoms with Crippen LogP contribution in [0.2, 0.25) is 0 Å². The number of benzene rings is 3. The minimum absolute atomic E-state index is 0.177. The maximum Gasteiger partial charge on any atom is 0.271 e. The van der Waals surface area contributed by atoms with Crippen LogP contribution in [0, 0.1) is 0 Å². The van der Waals surface area contributed by atoms with Gasteiger partial charge in [-0.25, -0.2) is 13.8 Å². The van der Waals surface area contributed by atoms with Gasteiger partial charge in [0, 0.05) is 12.6 Å². The standard InChI is InChI=1S/C23H22N4O5S/c1-27(33(30,31)21-5-3-2-4-6-21)19-11-9-18(10-12-19)23(29)26-25-15-17-7-13-20(14-8-17)32-16-22(24)28/h2-15H,16H2,1H3,(H2,24,28)(H,26,29)/b25-15-. The highest BCUT2D eigenvalue weighted by molar-refractivity contribution is 7.92. The molecule has 0 aliphatic rings. The Morgan fingerprint density at radius 3 is 2.24 bits per heavy atom. The quantitative estimate of drug-likeness (QED) is 0.368. The van der Waals surface area contributed by atoms with Gasteiger partial charge in [-0.3, -0.25) is 13.9 Å². The molecule has 0 unspecified atom stereocenters. The summed E-state index contributed by atoms with van der Waals surface area (Å²) < 4.78 is 31.7. The lowest BCUT2D eigenvalue weighted by atomic mass is 10.2. The molecule has 0 heterocycles. The number of carbonyl (C=O) groups is 2. The molecule has 33 heavy (non-hydrogen) atoms. The van der Waals surface area contributed by atoms with E-state index in [4.69, 9.17) is 10.5 Å². The highest BCUT2D eigenvalue weighted by Crippen LogP contribution is 2.22. The van der Waals surface area contributed by atoms with Gasteiger partial charge in [-0.15, -0.1) is 0 Å². The van der Waals surface area contributed by atoms with Crippen LogP contribution >= 0.6 is 0 Å². The Hall–Kier alpha value is -4.18. The summed E-state index contributed by atoms with van der Waals surface area (Å²) in [6.45, 7) is -0.212. The fourth-order valence-electron chi connectivity index (χ4n) is 2.75. The van der Waals surface area contributed by atoms with Gasteiger partial charge in [0.15, 0.2) is 6.61 Å². The highest BCUT2D eigenvalue weighted by atomic mass is 32.2. The highest BCUT2D eigenvalue weighted by Gasteiger charge is 2.21. The predicted molar refractivity (Wildman–Crippen MR) is 125 cm³/mol. The summed E-state index contributed by atoms with van der Waals surface area (Å²) in [5, 5.41) is 3.91. The van der Waals surface area contributed by atoms with Gasteiger partial charge in [0.05, 0.1) is 16.8 Å². The zero-order chi connectivity index (χ0) is 23.8. The molecule has 0 spiro atoms. The van der Waals surface area contributed by atoms with Crippen molar-refractivity contribution >= 4 is 33.7 Å².